The predicted octanol–water partition coefficient (Wildman–Crippen LogP) is 0.874. The SMILES string of the molecule is CNc1nc(NCC(C)N(C)C2CC2)nc(N(C)C)n1. The van der Waals surface area contributed by atoms with E-state index in [0.717, 1.165) is 12.6 Å². The van der Waals surface area contributed by atoms with Gasteiger partial charge in [0.2, 0.25) is 17.8 Å². The third kappa shape index (κ3) is 3.69. The molecule has 2 rings (SSSR count). The van der Waals surface area contributed by atoms with E-state index in [1.807, 2.05) is 26.0 Å². The first-order valence-electron chi connectivity index (χ1n) is 7.08. The highest BCUT2D eigenvalue weighted by atomic mass is 15.3. The van der Waals surface area contributed by atoms with Crippen molar-refractivity contribution in [2.24, 2.45) is 0 Å². The maximum atomic E-state index is 4.41. The zero-order valence-electron chi connectivity index (χ0n) is 13.0. The first-order chi connectivity index (χ1) is 9.51. The minimum atomic E-state index is 0.458. The number of hydrogen-bond donors (Lipinski definition) is 2. The number of aromatic nitrogens is 3. The monoisotopic (exact) mass is 279 g/mol. The van der Waals surface area contributed by atoms with Crippen molar-refractivity contribution in [1.29, 1.82) is 0 Å². The van der Waals surface area contributed by atoms with Crippen LogP contribution in [-0.4, -0.2) is 66.7 Å². The van der Waals surface area contributed by atoms with Crippen LogP contribution in [-0.2, 0) is 0 Å². The Kier molecular flexibility index (Phi) is 4.59. The van der Waals surface area contributed by atoms with Crippen molar-refractivity contribution >= 4 is 17.8 Å². The molecule has 0 radical (unpaired) electrons. The smallest absolute Gasteiger partial charge is 0.231 e. The molecule has 2 N–H and O–H groups in total. The van der Waals surface area contributed by atoms with Crippen molar-refractivity contribution in [3.63, 3.8) is 0 Å². The van der Waals surface area contributed by atoms with Gasteiger partial charge in [0.15, 0.2) is 0 Å². The average Bonchev–Trinajstić information content (AvgIpc) is 3.27. The Bertz CT molecular complexity index is 444. The third-order valence-corrected chi connectivity index (χ3v) is 3.62. The summed E-state index contributed by atoms with van der Waals surface area (Å²) < 4.78 is 0. The molecule has 1 aliphatic rings. The first-order valence-corrected chi connectivity index (χ1v) is 7.08. The average molecular weight is 279 g/mol. The lowest BCUT2D eigenvalue weighted by Crippen LogP contribution is -2.36. The van der Waals surface area contributed by atoms with Gasteiger partial charge in [0.1, 0.15) is 0 Å². The van der Waals surface area contributed by atoms with Gasteiger partial charge in [-0.3, -0.25) is 4.90 Å². The Morgan fingerprint density at radius 3 is 2.35 bits per heavy atom. The third-order valence-electron chi connectivity index (χ3n) is 3.62. The summed E-state index contributed by atoms with van der Waals surface area (Å²) in [7, 11) is 7.83. The van der Waals surface area contributed by atoms with Crippen LogP contribution in [0.15, 0.2) is 0 Å². The second-order valence-corrected chi connectivity index (χ2v) is 5.55. The summed E-state index contributed by atoms with van der Waals surface area (Å²) in [5.41, 5.74) is 0. The molecule has 7 heteroatoms. The van der Waals surface area contributed by atoms with Gasteiger partial charge in [0.25, 0.3) is 0 Å². The number of likely N-dealkylation sites (N-methyl/N-ethyl adjacent to an activating group) is 1. The summed E-state index contributed by atoms with van der Waals surface area (Å²) in [5, 5.41) is 6.27. The highest BCUT2D eigenvalue weighted by Crippen LogP contribution is 2.26. The van der Waals surface area contributed by atoms with Crippen molar-refractivity contribution in [3.05, 3.63) is 0 Å². The molecular formula is C13H25N7. The first kappa shape index (κ1) is 14.8. The minimum absolute atomic E-state index is 0.458. The van der Waals surface area contributed by atoms with E-state index < -0.39 is 0 Å². The van der Waals surface area contributed by atoms with E-state index in [1.54, 1.807) is 0 Å². The second kappa shape index (κ2) is 6.21. The lowest BCUT2D eigenvalue weighted by Gasteiger charge is -2.24. The van der Waals surface area contributed by atoms with Crippen LogP contribution >= 0.6 is 0 Å². The van der Waals surface area contributed by atoms with E-state index in [-0.39, 0.29) is 0 Å². The van der Waals surface area contributed by atoms with Gasteiger partial charge >= 0.3 is 0 Å². The molecular weight excluding hydrogens is 254 g/mol. The quantitative estimate of drug-likeness (QED) is 0.767. The summed E-state index contributed by atoms with van der Waals surface area (Å²) in [6, 6.07) is 1.22. The minimum Gasteiger partial charge on any atom is -0.357 e. The van der Waals surface area contributed by atoms with Crippen molar-refractivity contribution in [2.75, 3.05) is 50.3 Å². The Labute approximate surface area is 120 Å². The van der Waals surface area contributed by atoms with Crippen LogP contribution in [0.5, 0.6) is 0 Å². The van der Waals surface area contributed by atoms with Crippen molar-refractivity contribution in [1.82, 2.24) is 19.9 Å². The van der Waals surface area contributed by atoms with Crippen molar-refractivity contribution < 1.29 is 0 Å². The van der Waals surface area contributed by atoms with E-state index in [0.29, 0.717) is 23.9 Å². The van der Waals surface area contributed by atoms with Crippen molar-refractivity contribution in [2.45, 2.75) is 31.8 Å². The molecule has 112 valence electrons. The number of rotatable bonds is 7. The topological polar surface area (TPSA) is 69.2 Å². The van der Waals surface area contributed by atoms with Crippen LogP contribution in [0.2, 0.25) is 0 Å². The summed E-state index contributed by atoms with van der Waals surface area (Å²) in [5.74, 6) is 1.84. The molecule has 0 aliphatic heterocycles. The van der Waals surface area contributed by atoms with E-state index in [2.05, 4.69) is 44.5 Å². The van der Waals surface area contributed by atoms with Gasteiger partial charge < -0.3 is 15.5 Å². The molecule has 1 aromatic rings. The Hall–Kier alpha value is -1.63. The summed E-state index contributed by atoms with van der Waals surface area (Å²) >= 11 is 0. The second-order valence-electron chi connectivity index (χ2n) is 5.55. The number of nitrogens with one attached hydrogen (secondary N) is 2. The van der Waals surface area contributed by atoms with Gasteiger partial charge in [-0.05, 0) is 26.8 Å². The summed E-state index contributed by atoms with van der Waals surface area (Å²) in [4.78, 5) is 17.3. The number of hydrogen-bond acceptors (Lipinski definition) is 7. The normalized spacial score (nSPS) is 16.1. The molecule has 0 amide bonds. The Morgan fingerprint density at radius 2 is 1.80 bits per heavy atom. The molecule has 0 spiro atoms. The van der Waals surface area contributed by atoms with Crippen LogP contribution in [0.3, 0.4) is 0 Å². The van der Waals surface area contributed by atoms with Crippen LogP contribution in [0.25, 0.3) is 0 Å². The van der Waals surface area contributed by atoms with Crippen LogP contribution < -0.4 is 15.5 Å². The fourth-order valence-electron chi connectivity index (χ4n) is 1.98. The van der Waals surface area contributed by atoms with Crippen LogP contribution in [0.1, 0.15) is 19.8 Å². The molecule has 1 aliphatic carbocycles. The van der Waals surface area contributed by atoms with E-state index in [9.17, 15) is 0 Å². The summed E-state index contributed by atoms with van der Waals surface area (Å²) in [6.07, 6.45) is 2.64. The highest BCUT2D eigenvalue weighted by molar-refractivity contribution is 5.42. The van der Waals surface area contributed by atoms with Gasteiger partial charge in [0, 0.05) is 39.8 Å². The summed E-state index contributed by atoms with van der Waals surface area (Å²) in [6.45, 7) is 3.05. The van der Waals surface area contributed by atoms with Gasteiger partial charge in [-0.25, -0.2) is 0 Å². The van der Waals surface area contributed by atoms with E-state index in [4.69, 9.17) is 0 Å². The van der Waals surface area contributed by atoms with E-state index >= 15 is 0 Å². The maximum absolute atomic E-state index is 4.41. The van der Waals surface area contributed by atoms with Gasteiger partial charge in [-0.15, -0.1) is 0 Å². The molecule has 0 bridgehead atoms. The fourth-order valence-corrected chi connectivity index (χ4v) is 1.98. The lowest BCUT2D eigenvalue weighted by molar-refractivity contribution is 0.257. The zero-order chi connectivity index (χ0) is 14.7. The molecule has 1 fully saturated rings. The van der Waals surface area contributed by atoms with Crippen LogP contribution in [0, 0.1) is 0 Å². The predicted molar refractivity (Wildman–Crippen MR) is 82.4 cm³/mol. The van der Waals surface area contributed by atoms with Crippen LogP contribution in [0.4, 0.5) is 17.8 Å². The standard InChI is InChI=1S/C13H25N7/c1-9(20(5)10-6-7-10)8-15-12-16-11(14-2)17-13(18-12)19(3)4/h9-10H,6-8H2,1-5H3,(H2,14,15,16,17,18). The number of anilines is 3. The van der Waals surface area contributed by atoms with Gasteiger partial charge in [-0.2, -0.15) is 15.0 Å². The molecule has 20 heavy (non-hydrogen) atoms. The molecule has 0 aromatic carbocycles. The van der Waals surface area contributed by atoms with Gasteiger partial charge in [0.05, 0.1) is 0 Å². The fraction of sp³-hybridized carbons (Fsp3) is 0.769. The van der Waals surface area contributed by atoms with Crippen molar-refractivity contribution in [3.8, 4) is 0 Å². The zero-order valence-corrected chi connectivity index (χ0v) is 13.0. The lowest BCUT2D eigenvalue weighted by atomic mass is 10.3. The van der Waals surface area contributed by atoms with Gasteiger partial charge in [-0.1, -0.05) is 0 Å². The Morgan fingerprint density at radius 1 is 1.15 bits per heavy atom. The molecule has 1 atom stereocenters. The van der Waals surface area contributed by atoms with E-state index in [1.165, 1.54) is 12.8 Å². The molecule has 1 unspecified atom stereocenters. The largest absolute Gasteiger partial charge is 0.357 e. The molecule has 0 saturated heterocycles. The number of nitrogens with zero attached hydrogens (tertiary/aromatic N) is 5. The highest BCUT2D eigenvalue weighted by Gasteiger charge is 2.28. The maximum Gasteiger partial charge on any atom is 0.231 e. The molecule has 1 heterocycles. The molecule has 1 aromatic heterocycles. The molecule has 7 nitrogen and oxygen atoms in total. The molecule has 1 saturated carbocycles. The Balaban J connectivity index is 1.98.